The van der Waals surface area contributed by atoms with Gasteiger partial charge in [0.25, 0.3) is 5.69 Å². The normalized spacial score (nSPS) is 12.2. The van der Waals surface area contributed by atoms with E-state index in [4.69, 9.17) is 0 Å². The predicted molar refractivity (Wildman–Crippen MR) is 65.9 cm³/mol. The molecule has 0 amide bonds. The van der Waals surface area contributed by atoms with Crippen molar-refractivity contribution in [3.8, 4) is 11.1 Å². The van der Waals surface area contributed by atoms with Gasteiger partial charge in [-0.3, -0.25) is 10.1 Å². The van der Waals surface area contributed by atoms with Crippen LogP contribution < -0.4 is 5.32 Å². The standard InChI is InChI=1S/C13H10N2O2/c16-15(17)10-5-6-13-12(7-10)11-4-2-1-3-9(11)8-14-13/h1-7,14H,8H2. The summed E-state index contributed by atoms with van der Waals surface area (Å²) in [6.07, 6.45) is 0. The molecular weight excluding hydrogens is 216 g/mol. The molecule has 0 saturated carbocycles. The van der Waals surface area contributed by atoms with Gasteiger partial charge < -0.3 is 5.32 Å². The van der Waals surface area contributed by atoms with Gasteiger partial charge in [0.1, 0.15) is 0 Å². The lowest BCUT2D eigenvalue weighted by Crippen LogP contribution is -2.08. The van der Waals surface area contributed by atoms with Crippen molar-refractivity contribution in [2.24, 2.45) is 0 Å². The lowest BCUT2D eigenvalue weighted by molar-refractivity contribution is -0.384. The first-order valence-corrected chi connectivity index (χ1v) is 5.36. The molecule has 4 heteroatoms. The van der Waals surface area contributed by atoms with E-state index in [9.17, 15) is 10.1 Å². The van der Waals surface area contributed by atoms with Crippen LogP contribution in [0.25, 0.3) is 11.1 Å². The molecule has 0 atom stereocenters. The Hall–Kier alpha value is -2.36. The first-order chi connectivity index (χ1) is 8.25. The molecule has 17 heavy (non-hydrogen) atoms. The number of benzene rings is 2. The Morgan fingerprint density at radius 2 is 1.94 bits per heavy atom. The van der Waals surface area contributed by atoms with Crippen LogP contribution in [0.3, 0.4) is 0 Å². The molecule has 1 aliphatic heterocycles. The predicted octanol–water partition coefficient (Wildman–Crippen LogP) is 3.19. The zero-order valence-electron chi connectivity index (χ0n) is 9.01. The molecule has 1 heterocycles. The van der Waals surface area contributed by atoms with Gasteiger partial charge in [0.2, 0.25) is 0 Å². The van der Waals surface area contributed by atoms with E-state index < -0.39 is 0 Å². The van der Waals surface area contributed by atoms with Gasteiger partial charge in [0, 0.05) is 29.9 Å². The van der Waals surface area contributed by atoms with E-state index in [0.717, 1.165) is 23.4 Å². The summed E-state index contributed by atoms with van der Waals surface area (Å²) in [4.78, 5) is 10.4. The molecule has 0 unspecified atom stereocenters. The fraction of sp³-hybridized carbons (Fsp3) is 0.0769. The third kappa shape index (κ3) is 1.54. The maximum atomic E-state index is 10.8. The van der Waals surface area contributed by atoms with E-state index in [-0.39, 0.29) is 10.6 Å². The van der Waals surface area contributed by atoms with Crippen molar-refractivity contribution in [2.45, 2.75) is 6.54 Å². The summed E-state index contributed by atoms with van der Waals surface area (Å²) in [6.45, 7) is 0.765. The summed E-state index contributed by atoms with van der Waals surface area (Å²) >= 11 is 0. The molecule has 0 fully saturated rings. The average Bonchev–Trinajstić information content (AvgIpc) is 2.38. The molecule has 1 N–H and O–H groups in total. The van der Waals surface area contributed by atoms with Crippen LogP contribution in [-0.4, -0.2) is 4.92 Å². The van der Waals surface area contributed by atoms with Crippen LogP contribution in [0.4, 0.5) is 11.4 Å². The number of nitro benzene ring substituents is 1. The van der Waals surface area contributed by atoms with Crippen molar-refractivity contribution >= 4 is 11.4 Å². The van der Waals surface area contributed by atoms with E-state index in [0.29, 0.717) is 0 Å². The van der Waals surface area contributed by atoms with Crippen LogP contribution in [-0.2, 0) is 6.54 Å². The van der Waals surface area contributed by atoms with E-state index in [2.05, 4.69) is 5.32 Å². The third-order valence-electron chi connectivity index (χ3n) is 2.99. The van der Waals surface area contributed by atoms with Crippen LogP contribution in [0.2, 0.25) is 0 Å². The zero-order chi connectivity index (χ0) is 11.8. The highest BCUT2D eigenvalue weighted by molar-refractivity contribution is 5.84. The van der Waals surface area contributed by atoms with Gasteiger partial charge in [-0.25, -0.2) is 0 Å². The number of nitrogens with zero attached hydrogens (tertiary/aromatic N) is 1. The van der Waals surface area contributed by atoms with Crippen molar-refractivity contribution in [3.63, 3.8) is 0 Å². The number of anilines is 1. The van der Waals surface area contributed by atoms with Gasteiger partial charge in [-0.15, -0.1) is 0 Å². The molecule has 1 aliphatic rings. The average molecular weight is 226 g/mol. The van der Waals surface area contributed by atoms with Gasteiger partial charge in [-0.2, -0.15) is 0 Å². The van der Waals surface area contributed by atoms with Gasteiger partial charge in [0.15, 0.2) is 0 Å². The van der Waals surface area contributed by atoms with Crippen LogP contribution in [0.1, 0.15) is 5.56 Å². The number of fused-ring (bicyclic) bond motifs is 3. The maximum absolute atomic E-state index is 10.8. The van der Waals surface area contributed by atoms with Crippen molar-refractivity contribution in [1.29, 1.82) is 0 Å². The number of rotatable bonds is 1. The monoisotopic (exact) mass is 226 g/mol. The lowest BCUT2D eigenvalue weighted by atomic mass is 9.94. The molecule has 0 aromatic heterocycles. The fourth-order valence-corrected chi connectivity index (χ4v) is 2.15. The minimum Gasteiger partial charge on any atom is -0.380 e. The fourth-order valence-electron chi connectivity index (χ4n) is 2.15. The summed E-state index contributed by atoms with van der Waals surface area (Å²) < 4.78 is 0. The molecule has 0 saturated heterocycles. The molecule has 4 nitrogen and oxygen atoms in total. The summed E-state index contributed by atoms with van der Waals surface area (Å²) in [7, 11) is 0. The number of nitro groups is 1. The Kier molecular flexibility index (Phi) is 2.08. The quantitative estimate of drug-likeness (QED) is 0.600. The number of nitrogens with one attached hydrogen (secondary N) is 1. The highest BCUT2D eigenvalue weighted by Gasteiger charge is 2.17. The molecule has 3 rings (SSSR count). The van der Waals surface area contributed by atoms with Crippen LogP contribution in [0.5, 0.6) is 0 Å². The van der Waals surface area contributed by atoms with E-state index in [1.54, 1.807) is 12.1 Å². The Morgan fingerprint density at radius 1 is 1.12 bits per heavy atom. The summed E-state index contributed by atoms with van der Waals surface area (Å²) in [5.41, 5.74) is 4.23. The summed E-state index contributed by atoms with van der Waals surface area (Å²) in [6, 6.07) is 12.9. The van der Waals surface area contributed by atoms with E-state index >= 15 is 0 Å². The number of hydrogen-bond donors (Lipinski definition) is 1. The van der Waals surface area contributed by atoms with E-state index in [1.807, 2.05) is 24.3 Å². The first kappa shape index (κ1) is 9.84. The summed E-state index contributed by atoms with van der Waals surface area (Å²) in [5.74, 6) is 0. The van der Waals surface area contributed by atoms with Gasteiger partial charge in [-0.1, -0.05) is 24.3 Å². The smallest absolute Gasteiger partial charge is 0.270 e. The Morgan fingerprint density at radius 3 is 2.76 bits per heavy atom. The first-order valence-electron chi connectivity index (χ1n) is 5.36. The second kappa shape index (κ2) is 3.59. The molecule has 2 aromatic carbocycles. The second-order valence-corrected chi connectivity index (χ2v) is 4.00. The van der Waals surface area contributed by atoms with Crippen LogP contribution in [0.15, 0.2) is 42.5 Å². The van der Waals surface area contributed by atoms with Crippen molar-refractivity contribution < 1.29 is 4.92 Å². The molecule has 0 bridgehead atoms. The van der Waals surface area contributed by atoms with Crippen molar-refractivity contribution in [2.75, 3.05) is 5.32 Å². The Bertz CT molecular complexity index is 608. The molecule has 0 aliphatic carbocycles. The summed E-state index contributed by atoms with van der Waals surface area (Å²) in [5, 5.41) is 14.0. The van der Waals surface area contributed by atoms with Crippen LogP contribution >= 0.6 is 0 Å². The maximum Gasteiger partial charge on any atom is 0.270 e. The highest BCUT2D eigenvalue weighted by atomic mass is 16.6. The second-order valence-electron chi connectivity index (χ2n) is 4.00. The lowest BCUT2D eigenvalue weighted by Gasteiger charge is -2.20. The Balaban J connectivity index is 2.22. The number of hydrogen-bond acceptors (Lipinski definition) is 3. The third-order valence-corrected chi connectivity index (χ3v) is 2.99. The molecular formula is C13H10N2O2. The molecule has 0 radical (unpaired) electrons. The van der Waals surface area contributed by atoms with Crippen molar-refractivity contribution in [1.82, 2.24) is 0 Å². The van der Waals surface area contributed by atoms with Crippen LogP contribution in [0, 0.1) is 10.1 Å². The largest absolute Gasteiger partial charge is 0.380 e. The molecule has 2 aromatic rings. The minimum atomic E-state index is -0.364. The Labute approximate surface area is 98.1 Å². The molecule has 0 spiro atoms. The van der Waals surface area contributed by atoms with Gasteiger partial charge in [-0.05, 0) is 17.2 Å². The zero-order valence-corrected chi connectivity index (χ0v) is 9.01. The SMILES string of the molecule is O=[N+]([O-])c1ccc2c(c1)-c1ccccc1CN2. The highest BCUT2D eigenvalue weighted by Crippen LogP contribution is 2.37. The van der Waals surface area contributed by atoms with Gasteiger partial charge >= 0.3 is 0 Å². The molecule has 84 valence electrons. The van der Waals surface area contributed by atoms with Crippen molar-refractivity contribution in [3.05, 3.63) is 58.1 Å². The van der Waals surface area contributed by atoms with Gasteiger partial charge in [0.05, 0.1) is 4.92 Å². The number of non-ortho nitro benzene ring substituents is 1. The topological polar surface area (TPSA) is 55.2 Å². The minimum absolute atomic E-state index is 0.127. The van der Waals surface area contributed by atoms with E-state index in [1.165, 1.54) is 11.6 Å².